The Balaban J connectivity index is 0. The quantitative estimate of drug-likeness (QED) is 0.440. The molecule has 0 atom stereocenters. The molecule has 0 saturated carbocycles. The van der Waals surface area contributed by atoms with Crippen molar-refractivity contribution in [1.82, 2.24) is 0 Å². The Morgan fingerprint density at radius 2 is 1.00 bits per heavy atom. The number of hydrogen-bond acceptors (Lipinski definition) is 1. The van der Waals surface area contributed by atoms with Gasteiger partial charge in [-0.1, -0.05) is 19.6 Å². The summed E-state index contributed by atoms with van der Waals surface area (Å²) in [6, 6.07) is 0. The Morgan fingerprint density at radius 1 is 1.00 bits per heavy atom. The first-order chi connectivity index (χ1) is 3.15. The molecule has 0 N–H and O–H groups in total. The standard InChI is InChI=1S/C3H9Si.C2H6O/c1-4(2)3;1-3-2/h1-3H3;1-2H3. The largest absolute Gasteiger partial charge is 0.388 e. The lowest BCUT2D eigenvalue weighted by Gasteiger charge is -1.75. The molecule has 0 aliphatic rings. The molecule has 0 aromatic carbocycles. The van der Waals surface area contributed by atoms with Gasteiger partial charge in [0.2, 0.25) is 0 Å². The molecule has 0 aliphatic heterocycles. The van der Waals surface area contributed by atoms with Crippen molar-refractivity contribution in [3.8, 4) is 0 Å². The molecule has 0 fully saturated rings. The molecule has 0 aliphatic carbocycles. The van der Waals surface area contributed by atoms with Gasteiger partial charge in [0.05, 0.1) is 0 Å². The van der Waals surface area contributed by atoms with Gasteiger partial charge in [-0.15, -0.1) is 0 Å². The highest BCUT2D eigenvalue weighted by Crippen LogP contribution is 1.68. The van der Waals surface area contributed by atoms with Gasteiger partial charge >= 0.3 is 0 Å². The van der Waals surface area contributed by atoms with E-state index in [4.69, 9.17) is 0 Å². The minimum Gasteiger partial charge on any atom is -0.388 e. The van der Waals surface area contributed by atoms with Crippen molar-refractivity contribution < 1.29 is 4.74 Å². The summed E-state index contributed by atoms with van der Waals surface area (Å²) in [7, 11) is 3.37. The molecular formula is C5H15OSi. The van der Waals surface area contributed by atoms with Crippen LogP contribution in [0.25, 0.3) is 0 Å². The third-order valence-corrected chi connectivity index (χ3v) is 0. The Hall–Kier alpha value is 0.177. The molecule has 0 amide bonds. The van der Waals surface area contributed by atoms with Crippen LogP contribution >= 0.6 is 0 Å². The summed E-state index contributed by atoms with van der Waals surface area (Å²) in [6.07, 6.45) is 0. The SMILES string of the molecule is COC.C[Si](C)C. The fourth-order valence-corrected chi connectivity index (χ4v) is 0. The van der Waals surface area contributed by atoms with Crippen LogP contribution in [0.2, 0.25) is 19.6 Å². The molecule has 1 nitrogen and oxygen atoms in total. The van der Waals surface area contributed by atoms with Crippen LogP contribution in [0.4, 0.5) is 0 Å². The molecule has 7 heavy (non-hydrogen) atoms. The lowest BCUT2D eigenvalue weighted by atomic mass is 11.6. The predicted octanol–water partition coefficient (Wildman–Crippen LogP) is 1.63. The van der Waals surface area contributed by atoms with Crippen molar-refractivity contribution in [3.63, 3.8) is 0 Å². The first-order valence-corrected chi connectivity index (χ1v) is 5.32. The van der Waals surface area contributed by atoms with E-state index in [2.05, 4.69) is 24.4 Å². The van der Waals surface area contributed by atoms with Crippen LogP contribution in [0.5, 0.6) is 0 Å². The first-order valence-electron chi connectivity index (χ1n) is 2.32. The van der Waals surface area contributed by atoms with Gasteiger partial charge in [0.15, 0.2) is 0 Å². The number of ether oxygens (including phenoxy) is 1. The van der Waals surface area contributed by atoms with E-state index in [0.717, 1.165) is 0 Å². The third-order valence-electron chi connectivity index (χ3n) is 0. The van der Waals surface area contributed by atoms with E-state index in [1.807, 2.05) is 0 Å². The summed E-state index contributed by atoms with van der Waals surface area (Å²) in [5.74, 6) is 0. The van der Waals surface area contributed by atoms with Crippen LogP contribution in [0.15, 0.2) is 0 Å². The first kappa shape index (κ1) is 10.2. The monoisotopic (exact) mass is 119 g/mol. The minimum atomic E-state index is 0.120. The van der Waals surface area contributed by atoms with Crippen molar-refractivity contribution in [3.05, 3.63) is 0 Å². The zero-order chi connectivity index (χ0) is 6.28. The molecule has 0 saturated heterocycles. The van der Waals surface area contributed by atoms with Crippen LogP contribution in [-0.2, 0) is 4.74 Å². The average Bonchev–Trinajstić information content (AvgIpc) is 1.33. The fourth-order valence-electron chi connectivity index (χ4n) is 0. The number of hydrogen-bond donors (Lipinski definition) is 0. The van der Waals surface area contributed by atoms with E-state index < -0.39 is 0 Å². The highest BCUT2D eigenvalue weighted by molar-refractivity contribution is 6.54. The molecule has 0 aromatic heterocycles. The molecule has 0 spiro atoms. The van der Waals surface area contributed by atoms with E-state index in [0.29, 0.717) is 0 Å². The van der Waals surface area contributed by atoms with E-state index >= 15 is 0 Å². The lowest BCUT2D eigenvalue weighted by molar-refractivity contribution is 0.277. The summed E-state index contributed by atoms with van der Waals surface area (Å²) < 4.78 is 4.25. The molecule has 0 rings (SSSR count). The van der Waals surface area contributed by atoms with Gasteiger partial charge in [-0.25, -0.2) is 0 Å². The normalized spacial score (nSPS) is 7.71. The maximum atomic E-state index is 4.25. The maximum absolute atomic E-state index is 4.25. The van der Waals surface area contributed by atoms with Crippen LogP contribution in [0.1, 0.15) is 0 Å². The molecule has 0 aromatic rings. The fraction of sp³-hybridized carbons (Fsp3) is 1.00. The Morgan fingerprint density at radius 3 is 1.00 bits per heavy atom. The average molecular weight is 119 g/mol. The molecule has 45 valence electrons. The van der Waals surface area contributed by atoms with Crippen molar-refractivity contribution in [2.75, 3.05) is 14.2 Å². The van der Waals surface area contributed by atoms with Crippen molar-refractivity contribution in [2.45, 2.75) is 19.6 Å². The van der Waals surface area contributed by atoms with E-state index in [9.17, 15) is 0 Å². The van der Waals surface area contributed by atoms with Gasteiger partial charge < -0.3 is 4.74 Å². The van der Waals surface area contributed by atoms with Crippen molar-refractivity contribution >= 4 is 8.80 Å². The second-order valence-electron chi connectivity index (χ2n) is 1.91. The molecule has 2 heteroatoms. The van der Waals surface area contributed by atoms with Crippen LogP contribution in [0.3, 0.4) is 0 Å². The third kappa shape index (κ3) is 3440. The van der Waals surface area contributed by atoms with Gasteiger partial charge in [-0.05, 0) is 0 Å². The summed E-state index contributed by atoms with van der Waals surface area (Å²) in [5.41, 5.74) is 0. The zero-order valence-electron chi connectivity index (χ0n) is 5.91. The Bertz CT molecular complexity index is 19.3. The Labute approximate surface area is 48.3 Å². The van der Waals surface area contributed by atoms with Crippen molar-refractivity contribution in [2.24, 2.45) is 0 Å². The second kappa shape index (κ2) is 9.49. The molecule has 0 unspecified atom stereocenters. The van der Waals surface area contributed by atoms with Gasteiger partial charge in [-0.3, -0.25) is 0 Å². The van der Waals surface area contributed by atoms with Gasteiger partial charge in [0, 0.05) is 23.0 Å². The van der Waals surface area contributed by atoms with Crippen LogP contribution in [-0.4, -0.2) is 23.0 Å². The van der Waals surface area contributed by atoms with Gasteiger partial charge in [0.1, 0.15) is 0 Å². The molecular weight excluding hydrogens is 104 g/mol. The predicted molar refractivity (Wildman–Crippen MR) is 36.3 cm³/mol. The van der Waals surface area contributed by atoms with Crippen molar-refractivity contribution in [1.29, 1.82) is 0 Å². The van der Waals surface area contributed by atoms with Crippen LogP contribution < -0.4 is 0 Å². The molecule has 0 bridgehead atoms. The zero-order valence-corrected chi connectivity index (χ0v) is 6.91. The molecule has 0 heterocycles. The summed E-state index contributed by atoms with van der Waals surface area (Å²) in [5, 5.41) is 0. The Kier molecular flexibility index (Phi) is 13.8. The highest BCUT2D eigenvalue weighted by Gasteiger charge is 1.72. The highest BCUT2D eigenvalue weighted by atomic mass is 28.3. The second-order valence-corrected chi connectivity index (χ2v) is 4.91. The van der Waals surface area contributed by atoms with E-state index in [1.54, 1.807) is 14.2 Å². The number of methoxy groups -OCH3 is 1. The maximum Gasteiger partial charge on any atom is 0.0379 e. The van der Waals surface area contributed by atoms with E-state index in [-0.39, 0.29) is 8.80 Å². The summed E-state index contributed by atoms with van der Waals surface area (Å²) in [6.45, 7) is 6.81. The lowest BCUT2D eigenvalue weighted by Crippen LogP contribution is -1.84. The topological polar surface area (TPSA) is 9.23 Å². The van der Waals surface area contributed by atoms with Crippen LogP contribution in [0, 0.1) is 0 Å². The summed E-state index contributed by atoms with van der Waals surface area (Å²) in [4.78, 5) is 0. The van der Waals surface area contributed by atoms with E-state index in [1.165, 1.54) is 0 Å². The van der Waals surface area contributed by atoms with Gasteiger partial charge in [0.25, 0.3) is 0 Å². The van der Waals surface area contributed by atoms with Gasteiger partial charge in [-0.2, -0.15) is 0 Å². The summed E-state index contributed by atoms with van der Waals surface area (Å²) >= 11 is 0. The minimum absolute atomic E-state index is 0.120. The number of rotatable bonds is 0. The molecule has 1 radical (unpaired) electrons. The smallest absolute Gasteiger partial charge is 0.0379 e.